The summed E-state index contributed by atoms with van der Waals surface area (Å²) in [4.78, 5) is 10.1. The Kier molecular flexibility index (Phi) is 4.21. The lowest BCUT2D eigenvalue weighted by Crippen LogP contribution is -2.21. The lowest BCUT2D eigenvalue weighted by atomic mass is 10.1. The van der Waals surface area contributed by atoms with Crippen LogP contribution in [-0.2, 0) is 6.42 Å². The van der Waals surface area contributed by atoms with Gasteiger partial charge in [-0.3, -0.25) is 0 Å². The van der Waals surface area contributed by atoms with Gasteiger partial charge in [0.15, 0.2) is 11.6 Å². The number of nitrogens with zero attached hydrogens (tertiary/aromatic N) is 4. The molecule has 1 aromatic heterocycles. The summed E-state index contributed by atoms with van der Waals surface area (Å²) in [6.07, 6.45) is 6.13. The number of ether oxygens (including phenoxy) is 1. The lowest BCUT2D eigenvalue weighted by molar-refractivity contribution is 0.254. The molecule has 25 heavy (non-hydrogen) atoms. The average Bonchev–Trinajstić information content (AvgIpc) is 3.24. The van der Waals surface area contributed by atoms with Crippen molar-refractivity contribution < 1.29 is 9.13 Å². The second kappa shape index (κ2) is 6.66. The highest BCUT2D eigenvalue weighted by atomic mass is 19.1. The van der Waals surface area contributed by atoms with Gasteiger partial charge >= 0.3 is 0 Å². The fourth-order valence-corrected chi connectivity index (χ4v) is 3.25. The highest BCUT2D eigenvalue weighted by molar-refractivity contribution is 5.81. The van der Waals surface area contributed by atoms with Crippen molar-refractivity contribution in [2.75, 3.05) is 23.4 Å². The highest BCUT2D eigenvalue weighted by Crippen LogP contribution is 2.29. The number of hydrogen-bond donors (Lipinski definition) is 1. The molecule has 0 bridgehead atoms. The first kappa shape index (κ1) is 15.8. The molecule has 6 nitrogen and oxygen atoms in total. The van der Waals surface area contributed by atoms with E-state index in [1.165, 1.54) is 11.8 Å². The van der Waals surface area contributed by atoms with Crippen LogP contribution in [-0.4, -0.2) is 35.4 Å². The third-order valence-corrected chi connectivity index (χ3v) is 4.43. The van der Waals surface area contributed by atoms with Gasteiger partial charge in [-0.15, -0.1) is 0 Å². The molecule has 1 saturated heterocycles. The summed E-state index contributed by atoms with van der Waals surface area (Å²) in [7, 11) is 0. The average molecular weight is 341 g/mol. The van der Waals surface area contributed by atoms with E-state index in [4.69, 9.17) is 4.74 Å². The standard InChI is InChI=1S/C18H20FN5O/c1-12-8-14-9-13(4-5-16(14)25-12)10-21-23-18-20-11-15(19)17(22-18)24-6-2-3-7-24/h4-5,9-12H,2-3,6-8H2,1H3,(H,20,22,23)/b21-10+/t12-/m0/s1. The van der Waals surface area contributed by atoms with E-state index in [9.17, 15) is 4.39 Å². The maximum Gasteiger partial charge on any atom is 0.245 e. The fraction of sp³-hybridized carbons (Fsp3) is 0.389. The first-order chi connectivity index (χ1) is 12.2. The molecular formula is C18H20FN5O. The van der Waals surface area contributed by atoms with Gasteiger partial charge in [0.05, 0.1) is 12.4 Å². The van der Waals surface area contributed by atoms with Crippen LogP contribution in [0.3, 0.4) is 0 Å². The molecule has 4 rings (SSSR count). The van der Waals surface area contributed by atoms with Gasteiger partial charge in [0, 0.05) is 19.5 Å². The van der Waals surface area contributed by atoms with E-state index in [1.54, 1.807) is 6.21 Å². The fourth-order valence-electron chi connectivity index (χ4n) is 3.25. The number of fused-ring (bicyclic) bond motifs is 1. The number of hydrazone groups is 1. The molecule has 3 heterocycles. The first-order valence-electron chi connectivity index (χ1n) is 8.55. The Labute approximate surface area is 145 Å². The Morgan fingerprint density at radius 2 is 2.20 bits per heavy atom. The van der Waals surface area contributed by atoms with Crippen molar-refractivity contribution in [1.29, 1.82) is 0 Å². The van der Waals surface area contributed by atoms with Crippen molar-refractivity contribution in [3.05, 3.63) is 41.3 Å². The molecule has 2 aliphatic rings. The Balaban J connectivity index is 1.45. The molecule has 2 aliphatic heterocycles. The molecule has 0 amide bonds. The number of benzene rings is 1. The van der Waals surface area contributed by atoms with E-state index in [-0.39, 0.29) is 12.1 Å². The summed E-state index contributed by atoms with van der Waals surface area (Å²) < 4.78 is 19.6. The van der Waals surface area contributed by atoms with E-state index < -0.39 is 5.82 Å². The van der Waals surface area contributed by atoms with Crippen LogP contribution in [0.25, 0.3) is 0 Å². The van der Waals surface area contributed by atoms with Crippen LogP contribution < -0.4 is 15.1 Å². The number of anilines is 2. The van der Waals surface area contributed by atoms with E-state index in [0.717, 1.165) is 43.7 Å². The van der Waals surface area contributed by atoms with E-state index in [0.29, 0.717) is 5.82 Å². The van der Waals surface area contributed by atoms with Gasteiger partial charge in [-0.05, 0) is 49.1 Å². The Bertz CT molecular complexity index is 804. The number of nitrogens with one attached hydrogen (secondary N) is 1. The smallest absolute Gasteiger partial charge is 0.245 e. The Hall–Kier alpha value is -2.70. The number of hydrogen-bond acceptors (Lipinski definition) is 6. The number of rotatable bonds is 4. The van der Waals surface area contributed by atoms with Crippen LogP contribution in [0, 0.1) is 5.82 Å². The predicted octanol–water partition coefficient (Wildman–Crippen LogP) is 2.99. The third-order valence-electron chi connectivity index (χ3n) is 4.43. The van der Waals surface area contributed by atoms with Crippen LogP contribution in [0.2, 0.25) is 0 Å². The van der Waals surface area contributed by atoms with Gasteiger partial charge in [-0.1, -0.05) is 0 Å². The van der Waals surface area contributed by atoms with Crippen LogP contribution in [0.1, 0.15) is 30.9 Å². The van der Waals surface area contributed by atoms with Crippen LogP contribution in [0.4, 0.5) is 16.2 Å². The largest absolute Gasteiger partial charge is 0.490 e. The topological polar surface area (TPSA) is 62.6 Å². The lowest BCUT2D eigenvalue weighted by Gasteiger charge is -2.16. The molecule has 7 heteroatoms. The molecular weight excluding hydrogens is 321 g/mol. The van der Waals surface area contributed by atoms with Crippen molar-refractivity contribution in [1.82, 2.24) is 9.97 Å². The first-order valence-corrected chi connectivity index (χ1v) is 8.55. The molecule has 0 unspecified atom stereocenters. The second-order valence-electron chi connectivity index (χ2n) is 6.43. The normalized spacial score (nSPS) is 19.3. The molecule has 1 N–H and O–H groups in total. The van der Waals surface area contributed by atoms with Gasteiger partial charge in [0.1, 0.15) is 11.9 Å². The minimum atomic E-state index is -0.399. The quantitative estimate of drug-likeness (QED) is 0.684. The molecule has 0 spiro atoms. The minimum absolute atomic E-state index is 0.219. The van der Waals surface area contributed by atoms with Crippen molar-refractivity contribution >= 4 is 18.0 Å². The zero-order valence-electron chi connectivity index (χ0n) is 14.1. The van der Waals surface area contributed by atoms with Crippen molar-refractivity contribution in [2.45, 2.75) is 32.3 Å². The molecule has 0 saturated carbocycles. The summed E-state index contributed by atoms with van der Waals surface area (Å²) in [6, 6.07) is 5.97. The number of halogens is 1. The molecule has 130 valence electrons. The summed E-state index contributed by atoms with van der Waals surface area (Å²) in [6.45, 7) is 3.71. The van der Waals surface area contributed by atoms with Gasteiger partial charge in [0.25, 0.3) is 0 Å². The van der Waals surface area contributed by atoms with E-state index >= 15 is 0 Å². The monoisotopic (exact) mass is 341 g/mol. The van der Waals surface area contributed by atoms with E-state index in [1.807, 2.05) is 17.0 Å². The molecule has 2 aromatic rings. The third kappa shape index (κ3) is 3.40. The summed E-state index contributed by atoms with van der Waals surface area (Å²) >= 11 is 0. The molecule has 1 atom stereocenters. The van der Waals surface area contributed by atoms with Crippen molar-refractivity contribution in [3.63, 3.8) is 0 Å². The van der Waals surface area contributed by atoms with Gasteiger partial charge in [-0.2, -0.15) is 10.1 Å². The molecule has 1 fully saturated rings. The zero-order chi connectivity index (χ0) is 17.2. The summed E-state index contributed by atoms with van der Waals surface area (Å²) in [5.41, 5.74) is 4.93. The second-order valence-corrected chi connectivity index (χ2v) is 6.43. The highest BCUT2D eigenvalue weighted by Gasteiger charge is 2.19. The van der Waals surface area contributed by atoms with E-state index in [2.05, 4.69) is 33.5 Å². The van der Waals surface area contributed by atoms with Crippen LogP contribution >= 0.6 is 0 Å². The summed E-state index contributed by atoms with van der Waals surface area (Å²) in [5.74, 6) is 1.17. The zero-order valence-corrected chi connectivity index (χ0v) is 14.1. The van der Waals surface area contributed by atoms with Crippen LogP contribution in [0.15, 0.2) is 29.5 Å². The Morgan fingerprint density at radius 1 is 1.36 bits per heavy atom. The Morgan fingerprint density at radius 3 is 3.04 bits per heavy atom. The van der Waals surface area contributed by atoms with Crippen molar-refractivity contribution in [3.8, 4) is 5.75 Å². The van der Waals surface area contributed by atoms with Gasteiger partial charge < -0.3 is 9.64 Å². The predicted molar refractivity (Wildman–Crippen MR) is 94.9 cm³/mol. The van der Waals surface area contributed by atoms with Crippen molar-refractivity contribution in [2.24, 2.45) is 5.10 Å². The minimum Gasteiger partial charge on any atom is -0.490 e. The van der Waals surface area contributed by atoms with Gasteiger partial charge in [0.2, 0.25) is 5.95 Å². The maximum absolute atomic E-state index is 13.9. The maximum atomic E-state index is 13.9. The SMILES string of the molecule is C[C@H]1Cc2cc(/C=N/Nc3ncc(F)c(N4CCCC4)n3)ccc2O1. The molecule has 0 radical (unpaired) electrons. The van der Waals surface area contributed by atoms with Gasteiger partial charge in [-0.25, -0.2) is 14.8 Å². The molecule has 0 aliphatic carbocycles. The summed E-state index contributed by atoms with van der Waals surface area (Å²) in [5, 5.41) is 4.17. The molecule has 1 aromatic carbocycles. The van der Waals surface area contributed by atoms with Crippen LogP contribution in [0.5, 0.6) is 5.75 Å². The number of aromatic nitrogens is 2.